The Kier molecular flexibility index (Phi) is 5.56. The molecule has 7 rings (SSSR count). The standard InChI is InChI=1S/C29H22FN7O2S/c1-14(38)21-7-8-22(40-21)19-9-10-32-27-25(19)34-28(35-27)26-23-20(37(2)36-26)6-5-18(24(23)30)16-11-17(13-31-12-16)33-29(39)15-3-4-15/h5-13,15H,3-4H2,1-2H3,(H,33,39)(H,32,34,35). The van der Waals surface area contributed by atoms with Crippen molar-refractivity contribution >= 4 is 50.8 Å². The summed E-state index contributed by atoms with van der Waals surface area (Å²) in [6.07, 6.45) is 6.56. The molecular weight excluding hydrogens is 529 g/mol. The molecule has 0 atom stereocenters. The Labute approximate surface area is 231 Å². The lowest BCUT2D eigenvalue weighted by Gasteiger charge is -2.08. The van der Waals surface area contributed by atoms with E-state index in [2.05, 4.69) is 30.4 Å². The Bertz CT molecular complexity index is 1990. The summed E-state index contributed by atoms with van der Waals surface area (Å²) >= 11 is 1.40. The number of aromatic amines is 1. The van der Waals surface area contributed by atoms with Crippen molar-refractivity contribution in [3.8, 4) is 33.1 Å². The van der Waals surface area contributed by atoms with Crippen LogP contribution in [0.2, 0.25) is 0 Å². The van der Waals surface area contributed by atoms with E-state index in [1.54, 1.807) is 54.6 Å². The van der Waals surface area contributed by atoms with Crippen molar-refractivity contribution in [2.24, 2.45) is 13.0 Å². The van der Waals surface area contributed by atoms with Crippen molar-refractivity contribution in [3.05, 3.63) is 65.7 Å². The number of benzene rings is 1. The average molecular weight is 552 g/mol. The molecule has 0 unspecified atom stereocenters. The number of aryl methyl sites for hydroxylation is 1. The molecule has 11 heteroatoms. The quantitative estimate of drug-likeness (QED) is 0.245. The fourth-order valence-corrected chi connectivity index (χ4v) is 5.78. The number of Topliss-reactive ketones (excluding diaryl/α,β-unsaturated/α-hetero) is 1. The number of amides is 1. The lowest BCUT2D eigenvalue weighted by Crippen LogP contribution is -2.13. The van der Waals surface area contributed by atoms with Crippen LogP contribution in [0.1, 0.15) is 29.4 Å². The van der Waals surface area contributed by atoms with Crippen molar-refractivity contribution in [1.29, 1.82) is 0 Å². The highest BCUT2D eigenvalue weighted by Crippen LogP contribution is 2.37. The molecule has 1 amide bonds. The van der Waals surface area contributed by atoms with Gasteiger partial charge in [0.15, 0.2) is 17.3 Å². The maximum absolute atomic E-state index is 16.3. The number of imidazole rings is 1. The number of nitrogens with zero attached hydrogens (tertiary/aromatic N) is 5. The second-order valence-corrected chi connectivity index (χ2v) is 11.0. The minimum atomic E-state index is -0.467. The van der Waals surface area contributed by atoms with Crippen molar-refractivity contribution in [2.75, 3.05) is 5.32 Å². The molecule has 1 aliphatic carbocycles. The lowest BCUT2D eigenvalue weighted by molar-refractivity contribution is -0.117. The highest BCUT2D eigenvalue weighted by molar-refractivity contribution is 7.17. The first-order chi connectivity index (χ1) is 19.4. The Morgan fingerprint density at radius 2 is 1.98 bits per heavy atom. The summed E-state index contributed by atoms with van der Waals surface area (Å²) < 4.78 is 17.9. The number of pyridine rings is 2. The number of hydrogen-bond donors (Lipinski definition) is 2. The van der Waals surface area contributed by atoms with Gasteiger partial charge in [-0.3, -0.25) is 19.3 Å². The van der Waals surface area contributed by atoms with Crippen LogP contribution in [0.15, 0.2) is 55.0 Å². The van der Waals surface area contributed by atoms with Gasteiger partial charge in [-0.2, -0.15) is 5.10 Å². The zero-order valence-electron chi connectivity index (χ0n) is 21.5. The van der Waals surface area contributed by atoms with E-state index in [9.17, 15) is 9.59 Å². The third-order valence-corrected chi connectivity index (χ3v) is 8.27. The van der Waals surface area contributed by atoms with Crippen molar-refractivity contribution in [1.82, 2.24) is 29.7 Å². The summed E-state index contributed by atoms with van der Waals surface area (Å²) in [5, 5.41) is 7.79. The number of fused-ring (bicyclic) bond motifs is 2. The van der Waals surface area contributed by atoms with Gasteiger partial charge in [0.1, 0.15) is 11.5 Å². The first-order valence-electron chi connectivity index (χ1n) is 12.7. The van der Waals surface area contributed by atoms with Crippen LogP contribution in [0, 0.1) is 11.7 Å². The smallest absolute Gasteiger partial charge is 0.227 e. The lowest BCUT2D eigenvalue weighted by atomic mass is 10.0. The SMILES string of the molecule is CC(=O)c1ccc(-c2ccnc3nc(-c4nn(C)c5ccc(-c6cncc(NC(=O)C7CC7)c6)c(F)c45)[nH]c23)s1. The number of halogens is 1. The van der Waals surface area contributed by atoms with Crippen molar-refractivity contribution in [2.45, 2.75) is 19.8 Å². The number of carbonyl (C=O) groups excluding carboxylic acids is 2. The second kappa shape index (κ2) is 9.16. The molecule has 0 radical (unpaired) electrons. The fraction of sp³-hybridized carbons (Fsp3) is 0.172. The van der Waals surface area contributed by atoms with Gasteiger partial charge in [-0.25, -0.2) is 14.4 Å². The predicted octanol–water partition coefficient (Wildman–Crippen LogP) is 5.99. The number of nitrogens with one attached hydrogen (secondary N) is 2. The summed E-state index contributed by atoms with van der Waals surface area (Å²) in [6.45, 7) is 1.54. The maximum Gasteiger partial charge on any atom is 0.227 e. The molecule has 1 aromatic carbocycles. The zero-order valence-corrected chi connectivity index (χ0v) is 22.3. The Balaban J connectivity index is 1.33. The van der Waals surface area contributed by atoms with Crippen molar-refractivity contribution in [3.63, 3.8) is 0 Å². The molecule has 5 aromatic heterocycles. The molecule has 40 heavy (non-hydrogen) atoms. The molecule has 198 valence electrons. The van der Waals surface area contributed by atoms with Gasteiger partial charge in [0.25, 0.3) is 0 Å². The Morgan fingerprint density at radius 1 is 1.12 bits per heavy atom. The van der Waals surface area contributed by atoms with E-state index in [1.807, 2.05) is 12.1 Å². The third-order valence-electron chi connectivity index (χ3n) is 7.06. The van der Waals surface area contributed by atoms with Gasteiger partial charge in [0.2, 0.25) is 5.91 Å². The van der Waals surface area contributed by atoms with E-state index in [1.165, 1.54) is 18.3 Å². The molecule has 1 saturated carbocycles. The van der Waals surface area contributed by atoms with E-state index >= 15 is 4.39 Å². The fourth-order valence-electron chi connectivity index (χ4n) is 4.85. The van der Waals surface area contributed by atoms with Gasteiger partial charge < -0.3 is 10.3 Å². The Hall–Kier alpha value is -4.77. The van der Waals surface area contributed by atoms with Crippen LogP contribution in [-0.4, -0.2) is 41.4 Å². The zero-order chi connectivity index (χ0) is 27.5. The number of carbonyl (C=O) groups is 2. The van der Waals surface area contributed by atoms with Crippen LogP contribution in [0.25, 0.3) is 55.2 Å². The number of H-pyrrole nitrogens is 1. The summed E-state index contributed by atoms with van der Waals surface area (Å²) in [5.41, 5.74) is 4.33. The summed E-state index contributed by atoms with van der Waals surface area (Å²) in [5.74, 6) is -0.0782. The monoisotopic (exact) mass is 551 g/mol. The van der Waals surface area contributed by atoms with E-state index in [4.69, 9.17) is 0 Å². The first-order valence-corrected chi connectivity index (χ1v) is 13.6. The summed E-state index contributed by atoms with van der Waals surface area (Å²) in [4.78, 5) is 42.2. The number of anilines is 1. The van der Waals surface area contributed by atoms with Gasteiger partial charge in [-0.15, -0.1) is 11.3 Å². The number of thiophene rings is 1. The number of aromatic nitrogens is 6. The van der Waals surface area contributed by atoms with E-state index in [0.29, 0.717) is 55.3 Å². The van der Waals surface area contributed by atoms with Gasteiger partial charge in [-0.1, -0.05) is 0 Å². The van der Waals surface area contributed by atoms with Crippen LogP contribution in [0.3, 0.4) is 0 Å². The van der Waals surface area contributed by atoms with E-state index < -0.39 is 5.82 Å². The number of hydrogen-bond acceptors (Lipinski definition) is 7. The highest BCUT2D eigenvalue weighted by Gasteiger charge is 2.29. The Morgan fingerprint density at radius 3 is 2.75 bits per heavy atom. The normalized spacial score (nSPS) is 13.3. The molecule has 1 fully saturated rings. The molecule has 6 aromatic rings. The second-order valence-electron chi connectivity index (χ2n) is 9.88. The molecule has 0 aliphatic heterocycles. The predicted molar refractivity (Wildman–Crippen MR) is 151 cm³/mol. The van der Waals surface area contributed by atoms with E-state index in [0.717, 1.165) is 23.3 Å². The highest BCUT2D eigenvalue weighted by atomic mass is 32.1. The van der Waals surface area contributed by atoms with Crippen LogP contribution in [0.5, 0.6) is 0 Å². The molecule has 0 bridgehead atoms. The van der Waals surface area contributed by atoms with E-state index in [-0.39, 0.29) is 17.6 Å². The van der Waals surface area contributed by atoms with Gasteiger partial charge in [0, 0.05) is 46.9 Å². The molecule has 0 spiro atoms. The topological polar surface area (TPSA) is 118 Å². The van der Waals surface area contributed by atoms with Gasteiger partial charge >= 0.3 is 0 Å². The van der Waals surface area contributed by atoms with Crippen LogP contribution < -0.4 is 5.32 Å². The molecule has 1 aliphatic rings. The maximum atomic E-state index is 16.3. The number of ketones is 1. The molecule has 5 heterocycles. The van der Waals surface area contributed by atoms with Crippen molar-refractivity contribution < 1.29 is 14.0 Å². The van der Waals surface area contributed by atoms with Crippen LogP contribution in [-0.2, 0) is 11.8 Å². The average Bonchev–Trinajstić information content (AvgIpc) is 3.36. The first kappa shape index (κ1) is 24.3. The largest absolute Gasteiger partial charge is 0.335 e. The third kappa shape index (κ3) is 4.06. The van der Waals surface area contributed by atoms with Gasteiger partial charge in [0.05, 0.1) is 33.2 Å². The molecule has 9 nitrogen and oxygen atoms in total. The minimum Gasteiger partial charge on any atom is -0.335 e. The number of rotatable bonds is 6. The molecule has 0 saturated heterocycles. The minimum absolute atomic E-state index is 0.00381. The summed E-state index contributed by atoms with van der Waals surface area (Å²) in [6, 6.07) is 10.8. The summed E-state index contributed by atoms with van der Waals surface area (Å²) in [7, 11) is 1.75. The molecule has 2 N–H and O–H groups in total. The van der Waals surface area contributed by atoms with Crippen LogP contribution >= 0.6 is 11.3 Å². The van der Waals surface area contributed by atoms with Gasteiger partial charge in [-0.05, 0) is 56.2 Å². The molecular formula is C29H22FN7O2S. The van der Waals surface area contributed by atoms with Crippen LogP contribution in [0.4, 0.5) is 10.1 Å².